The summed E-state index contributed by atoms with van der Waals surface area (Å²) in [7, 11) is -2.43. The first-order chi connectivity index (χ1) is 20.6. The third-order valence-electron chi connectivity index (χ3n) is 7.85. The molecule has 2 bridgehead atoms. The van der Waals surface area contributed by atoms with E-state index in [2.05, 4.69) is 61.3 Å². The molecule has 1 aliphatic heterocycles. The van der Waals surface area contributed by atoms with Gasteiger partial charge in [0.05, 0.1) is 40.8 Å². The van der Waals surface area contributed by atoms with E-state index in [9.17, 15) is 14.3 Å². The lowest BCUT2D eigenvalue weighted by molar-refractivity contribution is -0.121. The molecule has 12 nitrogen and oxygen atoms in total. The van der Waals surface area contributed by atoms with Gasteiger partial charge in [0.1, 0.15) is 6.07 Å². The Labute approximate surface area is 254 Å². The number of nitrogens with zero attached hydrogens (tertiary/aromatic N) is 7. The molecule has 4 aromatic heterocycles. The Hall–Kier alpha value is -4.06. The van der Waals surface area contributed by atoms with Gasteiger partial charge in [-0.05, 0) is 68.7 Å². The molecule has 4 aromatic rings. The molecule has 1 amide bonds. The highest BCUT2D eigenvalue weighted by atomic mass is 32.2. The molecule has 0 radical (unpaired) electrons. The predicted molar refractivity (Wildman–Crippen MR) is 170 cm³/mol. The number of nitriles is 1. The molecule has 2 unspecified atom stereocenters. The number of pyridine rings is 1. The Morgan fingerprint density at radius 3 is 2.67 bits per heavy atom. The highest BCUT2D eigenvalue weighted by Gasteiger charge is 2.43. The largest absolute Gasteiger partial charge is 0.382 e. The summed E-state index contributed by atoms with van der Waals surface area (Å²) in [6, 6.07) is 10.1. The van der Waals surface area contributed by atoms with Crippen LogP contribution in [0.15, 0.2) is 36.7 Å². The van der Waals surface area contributed by atoms with Gasteiger partial charge in [-0.2, -0.15) is 10.4 Å². The predicted octanol–water partition coefficient (Wildman–Crippen LogP) is 2.79. The molecular weight excluding hydrogens is 585 g/mol. The molecule has 1 saturated heterocycles. The zero-order valence-corrected chi connectivity index (χ0v) is 25.9. The first-order valence-corrected chi connectivity index (χ1v) is 17.1. The number of fused-ring (bicyclic) bond motifs is 3. The minimum absolute atomic E-state index is 0.00278. The topological polar surface area (TPSA) is 153 Å². The average Bonchev–Trinajstić information content (AvgIpc) is 3.67. The summed E-state index contributed by atoms with van der Waals surface area (Å²) in [6.07, 6.45) is 6.95. The van der Waals surface area contributed by atoms with Gasteiger partial charge in [0, 0.05) is 53.0 Å². The number of aromatic nitrogens is 5. The van der Waals surface area contributed by atoms with E-state index in [0.717, 1.165) is 64.2 Å². The van der Waals surface area contributed by atoms with E-state index in [1.54, 1.807) is 28.1 Å². The van der Waals surface area contributed by atoms with Crippen molar-refractivity contribution in [2.75, 3.05) is 36.1 Å². The van der Waals surface area contributed by atoms with Gasteiger partial charge in [-0.3, -0.25) is 14.0 Å². The Kier molecular flexibility index (Phi) is 7.80. The number of hydrogen-bond donors (Lipinski definition) is 3. The number of anilines is 2. The molecule has 224 valence electrons. The van der Waals surface area contributed by atoms with Gasteiger partial charge in [-0.1, -0.05) is 11.3 Å². The summed E-state index contributed by atoms with van der Waals surface area (Å²) in [4.78, 5) is 19.6. The second-order valence-corrected chi connectivity index (χ2v) is 14.9. The monoisotopic (exact) mass is 618 g/mol. The minimum Gasteiger partial charge on any atom is -0.382 e. The third-order valence-corrected chi connectivity index (χ3v) is 9.63. The summed E-state index contributed by atoms with van der Waals surface area (Å²) in [5.41, 5.74) is 4.68. The fraction of sp³-hybridized carbons (Fsp3) is 0.414. The van der Waals surface area contributed by atoms with Crippen LogP contribution in [0, 0.1) is 23.2 Å². The molecule has 2 fully saturated rings. The zero-order chi connectivity index (χ0) is 30.3. The maximum Gasteiger partial charge on any atom is 0.235 e. The van der Waals surface area contributed by atoms with Gasteiger partial charge in [0.15, 0.2) is 5.01 Å². The molecule has 14 heteroatoms. The van der Waals surface area contributed by atoms with Crippen LogP contribution in [-0.2, 0) is 14.5 Å². The minimum atomic E-state index is -2.43. The van der Waals surface area contributed by atoms with Crippen molar-refractivity contribution in [2.45, 2.75) is 38.8 Å². The third kappa shape index (κ3) is 6.20. The quantitative estimate of drug-likeness (QED) is 0.240. The SMILES string of the molecule is C=S(C)(=O)NCC(=O)NC1[C@@H]2CC[C@H]1CN(c1nnc(-c3cnc(-c4ccc5cc(C#N)cnn45)cc3NC(C)C)s1)C2. The van der Waals surface area contributed by atoms with Crippen LogP contribution in [0.1, 0.15) is 32.3 Å². The smallest absolute Gasteiger partial charge is 0.235 e. The van der Waals surface area contributed by atoms with Crippen molar-refractivity contribution >= 4 is 49.2 Å². The maximum absolute atomic E-state index is 12.5. The molecule has 3 N–H and O–H groups in total. The lowest BCUT2D eigenvalue weighted by Crippen LogP contribution is -2.54. The van der Waals surface area contributed by atoms with Crippen molar-refractivity contribution in [3.05, 3.63) is 42.2 Å². The van der Waals surface area contributed by atoms with Gasteiger partial charge in [-0.15, -0.1) is 10.2 Å². The highest BCUT2D eigenvalue weighted by molar-refractivity contribution is 7.97. The fourth-order valence-corrected chi connectivity index (χ4v) is 7.30. The molecular formula is C29H34N10O2S2. The molecule has 0 aromatic carbocycles. The summed E-state index contributed by atoms with van der Waals surface area (Å²) in [5.74, 6) is 4.03. The van der Waals surface area contributed by atoms with Crippen LogP contribution in [-0.4, -0.2) is 78.8 Å². The lowest BCUT2D eigenvalue weighted by atomic mass is 9.92. The van der Waals surface area contributed by atoms with Crippen molar-refractivity contribution in [3.8, 4) is 28.0 Å². The second-order valence-electron chi connectivity index (χ2n) is 11.6. The van der Waals surface area contributed by atoms with E-state index in [-0.39, 0.29) is 24.5 Å². The Bertz CT molecular complexity index is 1810. The van der Waals surface area contributed by atoms with Gasteiger partial charge in [0.25, 0.3) is 0 Å². The number of rotatable bonds is 9. The fourth-order valence-electron chi connectivity index (χ4n) is 5.97. The summed E-state index contributed by atoms with van der Waals surface area (Å²) >= 11 is 1.54. The Balaban J connectivity index is 1.21. The molecule has 6 rings (SSSR count). The van der Waals surface area contributed by atoms with Crippen LogP contribution in [0.25, 0.3) is 27.5 Å². The number of hydrogen-bond acceptors (Lipinski definition) is 10. The molecule has 4 atom stereocenters. The van der Waals surface area contributed by atoms with Crippen molar-refractivity contribution in [1.29, 1.82) is 5.26 Å². The molecule has 1 aliphatic carbocycles. The number of nitrogens with one attached hydrogen (secondary N) is 3. The summed E-state index contributed by atoms with van der Waals surface area (Å²) in [6.45, 7) is 5.75. The molecule has 0 spiro atoms. The van der Waals surface area contributed by atoms with Gasteiger partial charge >= 0.3 is 0 Å². The maximum atomic E-state index is 12.5. The standard InChI is InChI=1S/C29H34N10O2S2/c1-17(2)34-23-10-24(25-8-7-21-9-18(11-30)12-32-39(21)25)31-13-22(23)28-36-37-29(42-28)38-15-19-5-6-20(16-38)27(19)35-26(40)14-33-43(3,4)41/h7-10,12-13,17,19-20,27H,3,5-6,14-16H2,1-2,4H3,(H,31,34)(H,33,41)(H,35,40)/t19-,20+,27?,43?. The van der Waals surface area contributed by atoms with Crippen LogP contribution in [0.5, 0.6) is 0 Å². The van der Waals surface area contributed by atoms with Gasteiger partial charge in [0.2, 0.25) is 11.0 Å². The number of carbonyl (C=O) groups excluding carboxylic acids is 1. The van der Waals surface area contributed by atoms with Crippen LogP contribution in [0.4, 0.5) is 10.8 Å². The van der Waals surface area contributed by atoms with E-state index in [1.807, 2.05) is 24.4 Å². The zero-order valence-electron chi connectivity index (χ0n) is 24.3. The Morgan fingerprint density at radius 2 is 1.98 bits per heavy atom. The van der Waals surface area contributed by atoms with Crippen LogP contribution in [0.2, 0.25) is 0 Å². The van der Waals surface area contributed by atoms with E-state index in [4.69, 9.17) is 4.98 Å². The van der Waals surface area contributed by atoms with Crippen molar-refractivity contribution in [1.82, 2.24) is 34.8 Å². The molecule has 43 heavy (non-hydrogen) atoms. The van der Waals surface area contributed by atoms with Crippen molar-refractivity contribution in [2.24, 2.45) is 11.8 Å². The first kappa shape index (κ1) is 29.0. The highest BCUT2D eigenvalue weighted by Crippen LogP contribution is 2.41. The first-order valence-electron chi connectivity index (χ1n) is 14.2. The average molecular weight is 619 g/mol. The molecule has 1 saturated carbocycles. The normalized spacial score (nSPS) is 21.1. The number of amides is 1. The number of piperidine rings is 1. The van der Waals surface area contributed by atoms with Gasteiger partial charge in [-0.25, -0.2) is 9.24 Å². The van der Waals surface area contributed by atoms with E-state index >= 15 is 0 Å². The lowest BCUT2D eigenvalue weighted by Gasteiger charge is -2.38. The molecule has 5 heterocycles. The van der Waals surface area contributed by atoms with E-state index in [1.165, 1.54) is 6.26 Å². The van der Waals surface area contributed by atoms with E-state index < -0.39 is 9.71 Å². The second kappa shape index (κ2) is 11.6. The summed E-state index contributed by atoms with van der Waals surface area (Å²) < 4.78 is 16.3. The Morgan fingerprint density at radius 1 is 1.21 bits per heavy atom. The van der Waals surface area contributed by atoms with Crippen molar-refractivity contribution < 1.29 is 9.00 Å². The summed E-state index contributed by atoms with van der Waals surface area (Å²) in [5, 5.41) is 31.1. The van der Waals surface area contributed by atoms with Crippen LogP contribution in [0.3, 0.4) is 0 Å². The van der Waals surface area contributed by atoms with Crippen molar-refractivity contribution in [3.63, 3.8) is 0 Å². The van der Waals surface area contributed by atoms with Gasteiger partial charge < -0.3 is 15.5 Å². The number of carbonyl (C=O) groups is 1. The molecule has 2 aliphatic rings. The van der Waals surface area contributed by atoms with E-state index in [0.29, 0.717) is 17.4 Å². The van der Waals surface area contributed by atoms with Crippen LogP contribution < -0.4 is 20.3 Å². The van der Waals surface area contributed by atoms with Crippen LogP contribution >= 0.6 is 11.3 Å².